The predicted octanol–water partition coefficient (Wildman–Crippen LogP) is 6.43. The molecule has 1 aliphatic heterocycles. The second kappa shape index (κ2) is 11.1. The number of rotatable bonds is 7. The highest BCUT2D eigenvalue weighted by molar-refractivity contribution is 6.30. The normalized spacial score (nSPS) is 18.8. The van der Waals surface area contributed by atoms with E-state index in [9.17, 15) is 4.79 Å². The second-order valence-electron chi connectivity index (χ2n) is 12.0. The molecule has 7 rings (SSSR count). The van der Waals surface area contributed by atoms with E-state index in [0.717, 1.165) is 54.6 Å². The number of carbonyl (C=O) groups excluding carboxylic acids is 1. The second-order valence-corrected chi connectivity index (χ2v) is 12.4. The number of nitrogens with zero attached hydrogens (tertiary/aromatic N) is 4. The van der Waals surface area contributed by atoms with Crippen LogP contribution in [0.5, 0.6) is 11.6 Å². The van der Waals surface area contributed by atoms with Crippen LogP contribution in [0.15, 0.2) is 66.5 Å². The van der Waals surface area contributed by atoms with Crippen molar-refractivity contribution >= 4 is 39.9 Å². The number of aromatic amines is 1. The van der Waals surface area contributed by atoms with Gasteiger partial charge in [0.25, 0.3) is 5.91 Å². The Morgan fingerprint density at radius 3 is 2.60 bits per heavy atom. The summed E-state index contributed by atoms with van der Waals surface area (Å²) in [5.41, 5.74) is 11.6. The van der Waals surface area contributed by atoms with Crippen molar-refractivity contribution in [2.24, 2.45) is 11.1 Å². The van der Waals surface area contributed by atoms with Crippen LogP contribution in [0.4, 0.5) is 5.82 Å². The maximum absolute atomic E-state index is 12.2. The molecule has 1 saturated heterocycles. The minimum atomic E-state index is -0.578. The molecule has 42 heavy (non-hydrogen) atoms. The number of primary amides is 1. The molecule has 0 atom stereocenters. The monoisotopic (exact) mass is 582 g/mol. The molecule has 0 bridgehead atoms. The number of allylic oxidation sites excluding steroid dienone is 1. The first-order valence-electron chi connectivity index (χ1n) is 14.8. The van der Waals surface area contributed by atoms with Gasteiger partial charge in [-0.1, -0.05) is 35.7 Å². The van der Waals surface area contributed by atoms with Gasteiger partial charge in [-0.2, -0.15) is 4.98 Å². The number of anilines is 1. The molecule has 1 amide bonds. The average molecular weight is 583 g/mol. The Balaban J connectivity index is 1.06. The molecule has 2 aliphatic carbocycles. The number of benzene rings is 1. The Morgan fingerprint density at radius 1 is 1.05 bits per heavy atom. The molecule has 0 radical (unpaired) electrons. The third kappa shape index (κ3) is 5.37. The van der Waals surface area contributed by atoms with Crippen LogP contribution < -0.4 is 15.4 Å². The van der Waals surface area contributed by atoms with Crippen LogP contribution in [-0.2, 0) is 0 Å². The molecule has 9 heteroatoms. The number of halogens is 1. The van der Waals surface area contributed by atoms with Crippen molar-refractivity contribution in [1.82, 2.24) is 19.9 Å². The van der Waals surface area contributed by atoms with Gasteiger partial charge in [0.2, 0.25) is 5.88 Å². The van der Waals surface area contributed by atoms with E-state index in [2.05, 4.69) is 31.9 Å². The third-order valence-electron chi connectivity index (χ3n) is 9.35. The van der Waals surface area contributed by atoms with Gasteiger partial charge < -0.3 is 20.4 Å². The zero-order valence-electron chi connectivity index (χ0n) is 23.6. The number of nitrogens with two attached hydrogens (primary N) is 1. The fourth-order valence-electron chi connectivity index (χ4n) is 6.75. The van der Waals surface area contributed by atoms with Crippen LogP contribution in [-0.4, -0.2) is 58.5 Å². The number of carbonyl (C=O) groups is 1. The van der Waals surface area contributed by atoms with E-state index in [4.69, 9.17) is 27.1 Å². The number of pyridine rings is 2. The van der Waals surface area contributed by atoms with E-state index in [0.29, 0.717) is 11.2 Å². The molecule has 2 fully saturated rings. The Morgan fingerprint density at radius 2 is 1.86 bits per heavy atom. The highest BCUT2D eigenvalue weighted by Gasteiger charge is 2.40. The number of nitrogens with one attached hydrogen (secondary N) is 1. The van der Waals surface area contributed by atoms with Crippen molar-refractivity contribution in [3.05, 3.63) is 82.6 Å². The van der Waals surface area contributed by atoms with Crippen LogP contribution in [0.1, 0.15) is 54.4 Å². The predicted molar refractivity (Wildman–Crippen MR) is 166 cm³/mol. The van der Waals surface area contributed by atoms with Crippen LogP contribution >= 0.6 is 11.6 Å². The topological polar surface area (TPSA) is 100 Å². The number of H-pyrrole nitrogens is 1. The SMILES string of the molecule is NC(=O)c1ccc(N2CCN(CC3=C(c4ccc(Cl)cc4)CC4(CCC4)CC3)CC2)nc1Oc1cnc2[nH]ccc2c1. The molecule has 216 valence electrons. The maximum atomic E-state index is 12.2. The highest BCUT2D eigenvalue weighted by Crippen LogP contribution is 2.55. The van der Waals surface area contributed by atoms with Gasteiger partial charge in [-0.05, 0) is 85.1 Å². The van der Waals surface area contributed by atoms with Crippen molar-refractivity contribution in [3.8, 4) is 11.6 Å². The van der Waals surface area contributed by atoms with Crippen LogP contribution in [0.3, 0.4) is 0 Å². The third-order valence-corrected chi connectivity index (χ3v) is 9.61. The number of fused-ring (bicyclic) bond motifs is 1. The van der Waals surface area contributed by atoms with Crippen molar-refractivity contribution in [1.29, 1.82) is 0 Å². The summed E-state index contributed by atoms with van der Waals surface area (Å²) in [6, 6.07) is 15.8. The van der Waals surface area contributed by atoms with E-state index < -0.39 is 5.91 Å². The van der Waals surface area contributed by atoms with Crippen molar-refractivity contribution < 1.29 is 9.53 Å². The molecule has 1 saturated carbocycles. The quantitative estimate of drug-likeness (QED) is 0.260. The summed E-state index contributed by atoms with van der Waals surface area (Å²) in [4.78, 5) is 29.2. The molecule has 8 nitrogen and oxygen atoms in total. The summed E-state index contributed by atoms with van der Waals surface area (Å²) in [6.07, 6.45) is 11.2. The van der Waals surface area contributed by atoms with Crippen LogP contribution in [0.25, 0.3) is 16.6 Å². The van der Waals surface area contributed by atoms with Crippen LogP contribution in [0, 0.1) is 5.41 Å². The minimum absolute atomic E-state index is 0.198. The smallest absolute Gasteiger partial charge is 0.254 e. The molecule has 1 aromatic carbocycles. The largest absolute Gasteiger partial charge is 0.436 e. The Hall–Kier alpha value is -3.88. The van der Waals surface area contributed by atoms with Crippen LogP contribution in [0.2, 0.25) is 5.02 Å². The number of ether oxygens (including phenoxy) is 1. The van der Waals surface area contributed by atoms with Gasteiger partial charge in [-0.15, -0.1) is 0 Å². The zero-order valence-corrected chi connectivity index (χ0v) is 24.4. The molecule has 4 heterocycles. The maximum Gasteiger partial charge on any atom is 0.254 e. The van der Waals surface area contributed by atoms with Gasteiger partial charge >= 0.3 is 0 Å². The van der Waals surface area contributed by atoms with E-state index in [-0.39, 0.29) is 11.4 Å². The summed E-state index contributed by atoms with van der Waals surface area (Å²) >= 11 is 6.22. The summed E-state index contributed by atoms with van der Waals surface area (Å²) in [6.45, 7) is 4.55. The summed E-state index contributed by atoms with van der Waals surface area (Å²) in [7, 11) is 0. The molecular weight excluding hydrogens is 548 g/mol. The zero-order chi connectivity index (χ0) is 28.7. The van der Waals surface area contributed by atoms with Crippen molar-refractivity contribution in [3.63, 3.8) is 0 Å². The van der Waals surface area contributed by atoms with Gasteiger partial charge in [0.05, 0.1) is 6.20 Å². The van der Waals surface area contributed by atoms with Gasteiger partial charge in [-0.25, -0.2) is 4.98 Å². The van der Waals surface area contributed by atoms with E-state index in [1.54, 1.807) is 17.8 Å². The molecule has 1 spiro atoms. The lowest BCUT2D eigenvalue weighted by Crippen LogP contribution is -2.47. The molecule has 3 N–H and O–H groups in total. The van der Waals surface area contributed by atoms with Crippen molar-refractivity contribution in [2.75, 3.05) is 37.6 Å². The number of hydrogen-bond acceptors (Lipinski definition) is 6. The minimum Gasteiger partial charge on any atom is -0.436 e. The lowest BCUT2D eigenvalue weighted by molar-refractivity contribution is 0.0997. The summed E-state index contributed by atoms with van der Waals surface area (Å²) in [5.74, 6) is 0.894. The van der Waals surface area contributed by atoms with Gasteiger partial charge in [0.15, 0.2) is 0 Å². The standard InChI is InChI=1S/C33H35ClN6O2/c34-25-4-2-22(3-5-25)28-19-33(10-1-11-33)12-8-24(28)21-39-14-16-40(17-15-39)29-7-6-27(30(35)41)32(38-29)42-26-18-23-9-13-36-31(23)37-20-26/h2-7,9,13,18,20H,1,8,10-12,14-17,19,21H2,(H2,35,41)(H,36,37). The Kier molecular flexibility index (Phi) is 7.12. The molecular formula is C33H35ClN6O2. The number of amides is 1. The van der Waals surface area contributed by atoms with E-state index >= 15 is 0 Å². The first kappa shape index (κ1) is 27.0. The first-order valence-corrected chi connectivity index (χ1v) is 15.2. The number of hydrogen-bond donors (Lipinski definition) is 2. The van der Waals surface area contributed by atoms with Gasteiger partial charge in [-0.3, -0.25) is 9.69 Å². The van der Waals surface area contributed by atoms with Gasteiger partial charge in [0, 0.05) is 49.3 Å². The summed E-state index contributed by atoms with van der Waals surface area (Å²) < 4.78 is 6.05. The number of aromatic nitrogens is 3. The van der Waals surface area contributed by atoms with Crippen molar-refractivity contribution in [2.45, 2.75) is 38.5 Å². The average Bonchev–Trinajstić information content (AvgIpc) is 3.45. The fourth-order valence-corrected chi connectivity index (χ4v) is 6.88. The Bertz CT molecular complexity index is 1650. The fraction of sp³-hybridized carbons (Fsp3) is 0.364. The molecule has 0 unspecified atom stereocenters. The molecule has 3 aliphatic rings. The van der Waals surface area contributed by atoms with E-state index in [1.165, 1.54) is 49.7 Å². The molecule has 4 aromatic rings. The first-order chi connectivity index (χ1) is 20.4. The van der Waals surface area contributed by atoms with Gasteiger partial charge in [0.1, 0.15) is 22.8 Å². The lowest BCUT2D eigenvalue weighted by atomic mass is 9.59. The van der Waals surface area contributed by atoms with E-state index in [1.807, 2.05) is 36.5 Å². The highest BCUT2D eigenvalue weighted by atomic mass is 35.5. The Labute approximate surface area is 250 Å². The summed E-state index contributed by atoms with van der Waals surface area (Å²) in [5, 5.41) is 1.70. The number of piperazine rings is 1. The lowest BCUT2D eigenvalue weighted by Gasteiger charge is -2.47. The molecule has 3 aromatic heterocycles.